The molecule has 0 bridgehead atoms. The molecule has 4 aliphatic rings. The number of ketones is 1. The van der Waals surface area contributed by atoms with Gasteiger partial charge in [-0.05, 0) is 73.0 Å². The lowest BCUT2D eigenvalue weighted by Gasteiger charge is -2.59. The van der Waals surface area contributed by atoms with Crippen molar-refractivity contribution in [1.29, 1.82) is 0 Å². The zero-order valence-electron chi connectivity index (χ0n) is 13.3. The second-order valence-electron chi connectivity index (χ2n) is 9.01. The molecule has 0 amide bonds. The summed E-state index contributed by atoms with van der Waals surface area (Å²) in [4.78, 5) is 12.1. The first-order chi connectivity index (χ1) is 9.53. The molecule has 0 radical (unpaired) electrons. The fourth-order valence-corrected chi connectivity index (χ4v) is 7.07. The number of hydrogen-bond acceptors (Lipinski definition) is 1. The molecule has 1 heteroatoms. The van der Waals surface area contributed by atoms with E-state index in [-0.39, 0.29) is 0 Å². The van der Waals surface area contributed by atoms with Crippen LogP contribution in [0.15, 0.2) is 0 Å². The van der Waals surface area contributed by atoms with E-state index in [0.29, 0.717) is 16.6 Å². The van der Waals surface area contributed by atoms with Gasteiger partial charge in [-0.3, -0.25) is 4.79 Å². The lowest BCUT2D eigenvalue weighted by atomic mass is 9.45. The highest BCUT2D eigenvalue weighted by molar-refractivity contribution is 5.82. The zero-order valence-corrected chi connectivity index (χ0v) is 13.3. The van der Waals surface area contributed by atoms with Crippen LogP contribution >= 0.6 is 0 Å². The van der Waals surface area contributed by atoms with Gasteiger partial charge >= 0.3 is 0 Å². The Bertz CT molecular complexity index is 427. The van der Waals surface area contributed by atoms with Crippen molar-refractivity contribution in [3.8, 4) is 0 Å². The molecule has 0 aromatic rings. The van der Waals surface area contributed by atoms with Crippen molar-refractivity contribution >= 4 is 5.78 Å². The summed E-state index contributed by atoms with van der Waals surface area (Å²) >= 11 is 0. The van der Waals surface area contributed by atoms with Crippen molar-refractivity contribution in [2.24, 2.45) is 34.5 Å². The van der Waals surface area contributed by atoms with Gasteiger partial charge < -0.3 is 0 Å². The Labute approximate surface area is 123 Å². The predicted molar refractivity (Wildman–Crippen MR) is 81.4 cm³/mol. The summed E-state index contributed by atoms with van der Waals surface area (Å²) < 4.78 is 0. The third-order valence-corrected chi connectivity index (χ3v) is 8.15. The summed E-state index contributed by atoms with van der Waals surface area (Å²) in [7, 11) is 0. The molecule has 0 aromatic carbocycles. The van der Waals surface area contributed by atoms with E-state index in [0.717, 1.165) is 36.5 Å². The third kappa shape index (κ3) is 1.70. The summed E-state index contributed by atoms with van der Waals surface area (Å²) in [6, 6.07) is 0. The van der Waals surface area contributed by atoms with Crippen LogP contribution in [0.1, 0.15) is 78.1 Å². The van der Waals surface area contributed by atoms with Gasteiger partial charge in [-0.25, -0.2) is 0 Å². The second-order valence-corrected chi connectivity index (χ2v) is 9.01. The molecule has 20 heavy (non-hydrogen) atoms. The molecular formula is C19H30O. The summed E-state index contributed by atoms with van der Waals surface area (Å²) in [6.45, 7) is 5.04. The maximum Gasteiger partial charge on any atom is 0.133 e. The van der Waals surface area contributed by atoms with Gasteiger partial charge in [0.05, 0.1) is 0 Å². The SMILES string of the molecule is C[C@@]12CC[C@@H]3[C@H](CC[C@H]4CCCC[C@@]43C)[C@@H]1CC(=O)C2. The number of hydrogen-bond donors (Lipinski definition) is 0. The molecule has 4 fully saturated rings. The van der Waals surface area contributed by atoms with Crippen molar-refractivity contribution in [2.45, 2.75) is 78.1 Å². The summed E-state index contributed by atoms with van der Waals surface area (Å²) in [5.41, 5.74) is 0.990. The molecule has 0 aliphatic heterocycles. The number of fused-ring (bicyclic) bond motifs is 5. The smallest absolute Gasteiger partial charge is 0.133 e. The highest BCUT2D eigenvalue weighted by Gasteiger charge is 2.58. The topological polar surface area (TPSA) is 17.1 Å². The van der Waals surface area contributed by atoms with Gasteiger partial charge in [0.15, 0.2) is 0 Å². The van der Waals surface area contributed by atoms with E-state index in [1.54, 1.807) is 0 Å². The van der Waals surface area contributed by atoms with Crippen LogP contribution in [0.3, 0.4) is 0 Å². The maximum absolute atomic E-state index is 12.1. The Kier molecular flexibility index (Phi) is 2.89. The first-order valence-corrected chi connectivity index (χ1v) is 9.05. The van der Waals surface area contributed by atoms with E-state index in [1.165, 1.54) is 51.4 Å². The van der Waals surface area contributed by atoms with E-state index in [1.807, 2.05) is 0 Å². The molecule has 4 rings (SSSR count). The summed E-state index contributed by atoms with van der Waals surface area (Å²) in [5, 5.41) is 0. The first kappa shape index (κ1) is 13.3. The quantitative estimate of drug-likeness (QED) is 0.608. The van der Waals surface area contributed by atoms with Gasteiger partial charge in [0.2, 0.25) is 0 Å². The minimum Gasteiger partial charge on any atom is -0.300 e. The lowest BCUT2D eigenvalue weighted by molar-refractivity contribution is -0.118. The zero-order chi connectivity index (χ0) is 14.0. The van der Waals surface area contributed by atoms with Crippen molar-refractivity contribution in [3.05, 3.63) is 0 Å². The normalized spacial score (nSPS) is 55.0. The molecule has 0 N–H and O–H groups in total. The molecular weight excluding hydrogens is 244 g/mol. The molecule has 0 aromatic heterocycles. The highest BCUT2D eigenvalue weighted by atomic mass is 16.1. The summed E-state index contributed by atoms with van der Waals surface area (Å²) in [6.07, 6.45) is 13.3. The molecule has 6 atom stereocenters. The van der Waals surface area contributed by atoms with Crippen molar-refractivity contribution in [2.75, 3.05) is 0 Å². The van der Waals surface area contributed by atoms with Gasteiger partial charge in [0, 0.05) is 12.8 Å². The van der Waals surface area contributed by atoms with Crippen LogP contribution < -0.4 is 0 Å². The lowest BCUT2D eigenvalue weighted by Crippen LogP contribution is -2.51. The minimum absolute atomic E-state index is 0.371. The monoisotopic (exact) mass is 274 g/mol. The van der Waals surface area contributed by atoms with E-state index in [4.69, 9.17) is 0 Å². The summed E-state index contributed by atoms with van der Waals surface area (Å²) in [5.74, 6) is 4.10. The fourth-order valence-electron chi connectivity index (χ4n) is 7.07. The Balaban J connectivity index is 1.65. The van der Waals surface area contributed by atoms with Crippen LogP contribution in [0, 0.1) is 34.5 Å². The average Bonchev–Trinajstić information content (AvgIpc) is 2.72. The van der Waals surface area contributed by atoms with Gasteiger partial charge in [-0.1, -0.05) is 26.7 Å². The van der Waals surface area contributed by atoms with Gasteiger partial charge in [-0.2, -0.15) is 0 Å². The average molecular weight is 274 g/mol. The van der Waals surface area contributed by atoms with E-state index in [9.17, 15) is 4.79 Å². The molecule has 112 valence electrons. The Hall–Kier alpha value is -0.330. The van der Waals surface area contributed by atoms with Crippen LogP contribution in [-0.2, 0) is 4.79 Å². The second kappa shape index (κ2) is 4.34. The maximum atomic E-state index is 12.1. The fraction of sp³-hybridized carbons (Fsp3) is 0.947. The van der Waals surface area contributed by atoms with Gasteiger partial charge in [0.25, 0.3) is 0 Å². The van der Waals surface area contributed by atoms with Crippen molar-refractivity contribution < 1.29 is 4.79 Å². The highest BCUT2D eigenvalue weighted by Crippen LogP contribution is 2.65. The van der Waals surface area contributed by atoms with Crippen molar-refractivity contribution in [3.63, 3.8) is 0 Å². The minimum atomic E-state index is 0.371. The number of rotatable bonds is 0. The Morgan fingerprint density at radius 3 is 2.65 bits per heavy atom. The Morgan fingerprint density at radius 2 is 1.80 bits per heavy atom. The molecule has 4 aliphatic carbocycles. The predicted octanol–water partition coefficient (Wildman–Crippen LogP) is 4.99. The molecule has 0 spiro atoms. The van der Waals surface area contributed by atoms with Gasteiger partial charge in [-0.15, -0.1) is 0 Å². The van der Waals surface area contributed by atoms with E-state index < -0.39 is 0 Å². The first-order valence-electron chi connectivity index (χ1n) is 9.05. The molecule has 4 saturated carbocycles. The van der Waals surface area contributed by atoms with Crippen LogP contribution in [-0.4, -0.2) is 5.78 Å². The standard InChI is InChI=1S/C19H30O/c1-18-10-8-16-15(17(18)11-14(20)12-18)7-6-13-5-3-4-9-19(13,16)2/h13,15-17H,3-12H2,1-2H3/t13-,15+,16-,17+,18+,19+/m1/s1. The Morgan fingerprint density at radius 1 is 0.950 bits per heavy atom. The van der Waals surface area contributed by atoms with E-state index in [2.05, 4.69) is 13.8 Å². The van der Waals surface area contributed by atoms with Crippen LogP contribution in [0.2, 0.25) is 0 Å². The largest absolute Gasteiger partial charge is 0.300 e. The van der Waals surface area contributed by atoms with Crippen LogP contribution in [0.25, 0.3) is 0 Å². The molecule has 0 heterocycles. The number of Topliss-reactive ketones (excluding diaryl/α,β-unsaturated/α-hetero) is 1. The van der Waals surface area contributed by atoms with Crippen LogP contribution in [0.5, 0.6) is 0 Å². The van der Waals surface area contributed by atoms with E-state index >= 15 is 0 Å². The molecule has 0 unspecified atom stereocenters. The molecule has 0 saturated heterocycles. The number of carbonyl (C=O) groups is 1. The van der Waals surface area contributed by atoms with Crippen LogP contribution in [0.4, 0.5) is 0 Å². The number of carbonyl (C=O) groups excluding carboxylic acids is 1. The van der Waals surface area contributed by atoms with Crippen molar-refractivity contribution in [1.82, 2.24) is 0 Å². The third-order valence-electron chi connectivity index (χ3n) is 8.15. The molecule has 1 nitrogen and oxygen atoms in total. The van der Waals surface area contributed by atoms with Gasteiger partial charge in [0.1, 0.15) is 5.78 Å².